The number of thiophene rings is 1. The van der Waals surface area contributed by atoms with Crippen LogP contribution in [-0.4, -0.2) is 12.2 Å². The summed E-state index contributed by atoms with van der Waals surface area (Å²) in [5.74, 6) is 0. The van der Waals surface area contributed by atoms with Crippen LogP contribution in [0.25, 0.3) is 0 Å². The zero-order valence-corrected chi connectivity index (χ0v) is 7.61. The molecule has 0 radical (unpaired) electrons. The first-order valence-corrected chi connectivity index (χ1v) is 4.56. The summed E-state index contributed by atoms with van der Waals surface area (Å²) in [7, 11) is 1.77. The minimum Gasteiger partial charge on any atom is -0.371 e. The summed E-state index contributed by atoms with van der Waals surface area (Å²) in [6.07, 6.45) is 0.685. The quantitative estimate of drug-likeness (QED) is 0.676. The number of hydrogen-bond acceptors (Lipinski definition) is 3. The van der Waals surface area contributed by atoms with Gasteiger partial charge in [-0.1, -0.05) is 13.0 Å². The standard InChI is InChI=1S/C8H13NOS/c1-3-8(10,9-2)7-5-4-6-11-7/h4-6,9-10H,3H2,1-2H3. The lowest BCUT2D eigenvalue weighted by molar-refractivity contribution is 0.00778. The van der Waals surface area contributed by atoms with Crippen molar-refractivity contribution in [3.05, 3.63) is 22.4 Å². The van der Waals surface area contributed by atoms with Crippen molar-refractivity contribution in [1.82, 2.24) is 5.32 Å². The van der Waals surface area contributed by atoms with Crippen molar-refractivity contribution in [3.63, 3.8) is 0 Å². The highest BCUT2D eigenvalue weighted by Gasteiger charge is 2.25. The Morgan fingerprint density at radius 1 is 1.73 bits per heavy atom. The zero-order valence-electron chi connectivity index (χ0n) is 6.79. The fourth-order valence-corrected chi connectivity index (χ4v) is 1.89. The highest BCUT2D eigenvalue weighted by Crippen LogP contribution is 2.25. The molecule has 0 aliphatic carbocycles. The van der Waals surface area contributed by atoms with Crippen LogP contribution in [0.15, 0.2) is 17.5 Å². The minimum atomic E-state index is -0.825. The number of nitrogens with one attached hydrogen (secondary N) is 1. The SMILES string of the molecule is CCC(O)(NC)c1cccs1. The Labute approximate surface area is 70.9 Å². The van der Waals surface area contributed by atoms with Gasteiger partial charge in [-0.25, -0.2) is 0 Å². The molecule has 0 spiro atoms. The molecule has 62 valence electrons. The minimum absolute atomic E-state index is 0.685. The van der Waals surface area contributed by atoms with Gasteiger partial charge in [0.1, 0.15) is 0 Å². The number of aliphatic hydroxyl groups is 1. The summed E-state index contributed by atoms with van der Waals surface area (Å²) >= 11 is 1.57. The fraction of sp³-hybridized carbons (Fsp3) is 0.500. The maximum Gasteiger partial charge on any atom is 0.150 e. The van der Waals surface area contributed by atoms with Crippen molar-refractivity contribution in [1.29, 1.82) is 0 Å². The average molecular weight is 171 g/mol. The van der Waals surface area contributed by atoms with Gasteiger partial charge in [0, 0.05) is 0 Å². The van der Waals surface area contributed by atoms with Gasteiger partial charge in [-0.15, -0.1) is 11.3 Å². The highest BCUT2D eigenvalue weighted by atomic mass is 32.1. The van der Waals surface area contributed by atoms with Crippen molar-refractivity contribution >= 4 is 11.3 Å². The van der Waals surface area contributed by atoms with Gasteiger partial charge in [0.2, 0.25) is 0 Å². The van der Waals surface area contributed by atoms with Crippen LogP contribution < -0.4 is 5.32 Å². The molecule has 2 N–H and O–H groups in total. The van der Waals surface area contributed by atoms with Gasteiger partial charge in [-0.2, -0.15) is 0 Å². The maximum absolute atomic E-state index is 9.89. The van der Waals surface area contributed by atoms with Crippen LogP contribution in [0.3, 0.4) is 0 Å². The number of hydrogen-bond donors (Lipinski definition) is 2. The van der Waals surface area contributed by atoms with Gasteiger partial charge >= 0.3 is 0 Å². The lowest BCUT2D eigenvalue weighted by Crippen LogP contribution is -2.38. The van der Waals surface area contributed by atoms with Crippen molar-refractivity contribution in [2.75, 3.05) is 7.05 Å². The van der Waals surface area contributed by atoms with E-state index in [9.17, 15) is 5.11 Å². The molecule has 1 aromatic heterocycles. The Bertz CT molecular complexity index is 204. The molecule has 0 saturated heterocycles. The van der Waals surface area contributed by atoms with Gasteiger partial charge in [-0.3, -0.25) is 5.32 Å². The molecule has 11 heavy (non-hydrogen) atoms. The molecule has 1 rings (SSSR count). The second-order valence-electron chi connectivity index (χ2n) is 2.44. The molecule has 0 aromatic carbocycles. The van der Waals surface area contributed by atoms with E-state index in [1.165, 1.54) is 0 Å². The second kappa shape index (κ2) is 3.34. The van der Waals surface area contributed by atoms with E-state index in [-0.39, 0.29) is 0 Å². The Kier molecular flexibility index (Phi) is 2.65. The Balaban J connectivity index is 2.87. The normalized spacial score (nSPS) is 16.3. The van der Waals surface area contributed by atoms with Crippen LogP contribution in [0.2, 0.25) is 0 Å². The van der Waals surface area contributed by atoms with Crippen LogP contribution >= 0.6 is 11.3 Å². The summed E-state index contributed by atoms with van der Waals surface area (Å²) in [6, 6.07) is 3.88. The Morgan fingerprint density at radius 2 is 2.45 bits per heavy atom. The first-order valence-electron chi connectivity index (χ1n) is 3.68. The van der Waals surface area contributed by atoms with Crippen molar-refractivity contribution < 1.29 is 5.11 Å². The Morgan fingerprint density at radius 3 is 2.82 bits per heavy atom. The maximum atomic E-state index is 9.89. The third-order valence-electron chi connectivity index (χ3n) is 1.85. The molecule has 0 aliphatic rings. The lowest BCUT2D eigenvalue weighted by Gasteiger charge is -2.24. The Hall–Kier alpha value is -0.380. The largest absolute Gasteiger partial charge is 0.371 e. The van der Waals surface area contributed by atoms with Crippen molar-refractivity contribution in [3.8, 4) is 0 Å². The van der Waals surface area contributed by atoms with Crippen LogP contribution in [-0.2, 0) is 5.72 Å². The molecule has 0 aliphatic heterocycles. The molecular weight excluding hydrogens is 158 g/mol. The molecule has 1 aromatic rings. The molecular formula is C8H13NOS. The third-order valence-corrected chi connectivity index (χ3v) is 2.87. The molecule has 3 heteroatoms. The molecule has 0 fully saturated rings. The predicted molar refractivity (Wildman–Crippen MR) is 47.6 cm³/mol. The smallest absolute Gasteiger partial charge is 0.150 e. The first kappa shape index (κ1) is 8.71. The highest BCUT2D eigenvalue weighted by molar-refractivity contribution is 7.10. The van der Waals surface area contributed by atoms with E-state index in [4.69, 9.17) is 0 Å². The first-order chi connectivity index (χ1) is 5.23. The van der Waals surface area contributed by atoms with Crippen LogP contribution in [0.4, 0.5) is 0 Å². The van der Waals surface area contributed by atoms with Gasteiger partial charge < -0.3 is 5.11 Å². The molecule has 1 unspecified atom stereocenters. The van der Waals surface area contributed by atoms with Gasteiger partial charge in [0.05, 0.1) is 4.88 Å². The monoisotopic (exact) mass is 171 g/mol. The van der Waals surface area contributed by atoms with E-state index in [0.29, 0.717) is 6.42 Å². The van der Waals surface area contributed by atoms with E-state index in [1.54, 1.807) is 18.4 Å². The summed E-state index contributed by atoms with van der Waals surface area (Å²) in [5.41, 5.74) is -0.825. The number of rotatable bonds is 3. The van der Waals surface area contributed by atoms with Crippen LogP contribution in [0, 0.1) is 0 Å². The van der Waals surface area contributed by atoms with Gasteiger partial charge in [0.25, 0.3) is 0 Å². The lowest BCUT2D eigenvalue weighted by atomic mass is 10.1. The van der Waals surface area contributed by atoms with Crippen molar-refractivity contribution in [2.45, 2.75) is 19.1 Å². The molecule has 0 amide bonds. The summed E-state index contributed by atoms with van der Waals surface area (Å²) in [4.78, 5) is 0.975. The van der Waals surface area contributed by atoms with Crippen LogP contribution in [0.5, 0.6) is 0 Å². The zero-order chi connectivity index (χ0) is 8.32. The van der Waals surface area contributed by atoms with Crippen LogP contribution in [0.1, 0.15) is 18.2 Å². The third kappa shape index (κ3) is 1.61. The molecule has 1 heterocycles. The molecule has 0 saturated carbocycles. The fourth-order valence-electron chi connectivity index (χ4n) is 0.988. The van der Waals surface area contributed by atoms with Gasteiger partial charge in [0.15, 0.2) is 5.72 Å². The molecule has 1 atom stereocenters. The van der Waals surface area contributed by atoms with E-state index in [2.05, 4.69) is 5.32 Å². The van der Waals surface area contributed by atoms with E-state index in [0.717, 1.165) is 4.88 Å². The van der Waals surface area contributed by atoms with E-state index >= 15 is 0 Å². The average Bonchev–Trinajstić information content (AvgIpc) is 2.55. The molecule has 0 bridgehead atoms. The topological polar surface area (TPSA) is 32.3 Å². The van der Waals surface area contributed by atoms with E-state index in [1.807, 2.05) is 24.4 Å². The summed E-state index contributed by atoms with van der Waals surface area (Å²) in [6.45, 7) is 1.95. The van der Waals surface area contributed by atoms with Gasteiger partial charge in [-0.05, 0) is 24.9 Å². The summed E-state index contributed by atoms with van der Waals surface area (Å²) in [5, 5.41) is 14.8. The summed E-state index contributed by atoms with van der Waals surface area (Å²) < 4.78 is 0. The van der Waals surface area contributed by atoms with E-state index < -0.39 is 5.72 Å². The molecule has 2 nitrogen and oxygen atoms in total. The van der Waals surface area contributed by atoms with Crippen molar-refractivity contribution in [2.24, 2.45) is 0 Å². The second-order valence-corrected chi connectivity index (χ2v) is 3.39. The predicted octanol–water partition coefficient (Wildman–Crippen LogP) is 1.52.